The molecule has 0 saturated carbocycles. The number of hydrazine groups is 1. The number of nitrogens with two attached hydrogens (primary N) is 1. The SMILES string of the molecule is CCOc1ccc(C(CCN(CC)CC)NN)cc1. The molecule has 0 aromatic heterocycles. The van der Waals surface area contributed by atoms with Gasteiger partial charge in [0.1, 0.15) is 5.75 Å². The Morgan fingerprint density at radius 2 is 1.79 bits per heavy atom. The molecule has 108 valence electrons. The van der Waals surface area contributed by atoms with E-state index in [1.54, 1.807) is 0 Å². The van der Waals surface area contributed by atoms with Gasteiger partial charge in [-0.15, -0.1) is 0 Å². The number of hydrogen-bond acceptors (Lipinski definition) is 4. The lowest BCUT2D eigenvalue weighted by molar-refractivity contribution is 0.282. The molecule has 0 saturated heterocycles. The number of nitrogens with one attached hydrogen (secondary N) is 1. The molecule has 0 bridgehead atoms. The Balaban J connectivity index is 2.58. The molecule has 0 spiro atoms. The molecule has 4 heteroatoms. The minimum atomic E-state index is 0.191. The highest BCUT2D eigenvalue weighted by atomic mass is 16.5. The van der Waals surface area contributed by atoms with Crippen LogP contribution >= 0.6 is 0 Å². The fourth-order valence-electron chi connectivity index (χ4n) is 2.16. The average molecular weight is 265 g/mol. The van der Waals surface area contributed by atoms with Crippen LogP contribution in [0.2, 0.25) is 0 Å². The molecule has 1 aromatic rings. The van der Waals surface area contributed by atoms with Crippen molar-refractivity contribution < 1.29 is 4.74 Å². The Morgan fingerprint density at radius 1 is 1.16 bits per heavy atom. The van der Waals surface area contributed by atoms with Crippen molar-refractivity contribution in [3.63, 3.8) is 0 Å². The Bertz CT molecular complexity index is 336. The standard InChI is InChI=1S/C15H27N3O/c1-4-18(5-2)12-11-15(17-16)13-7-9-14(10-8-13)19-6-3/h7-10,15,17H,4-6,11-12,16H2,1-3H3. The first kappa shape index (κ1) is 16.0. The summed E-state index contributed by atoms with van der Waals surface area (Å²) in [6.07, 6.45) is 1.01. The van der Waals surface area contributed by atoms with Crippen LogP contribution < -0.4 is 16.0 Å². The van der Waals surface area contributed by atoms with Gasteiger partial charge in [-0.05, 0) is 50.7 Å². The Hall–Kier alpha value is -1.10. The van der Waals surface area contributed by atoms with Gasteiger partial charge in [-0.25, -0.2) is 0 Å². The van der Waals surface area contributed by atoms with Crippen LogP contribution in [-0.2, 0) is 0 Å². The van der Waals surface area contributed by atoms with Crippen molar-refractivity contribution in [2.75, 3.05) is 26.2 Å². The molecule has 0 aliphatic carbocycles. The normalized spacial score (nSPS) is 12.7. The summed E-state index contributed by atoms with van der Waals surface area (Å²) in [6.45, 7) is 10.3. The monoisotopic (exact) mass is 265 g/mol. The quantitative estimate of drug-likeness (QED) is 0.531. The summed E-state index contributed by atoms with van der Waals surface area (Å²) in [5.41, 5.74) is 4.11. The maximum atomic E-state index is 5.67. The molecular formula is C15H27N3O. The van der Waals surface area contributed by atoms with Gasteiger partial charge in [0.05, 0.1) is 6.61 Å². The zero-order chi connectivity index (χ0) is 14.1. The third-order valence-electron chi connectivity index (χ3n) is 3.42. The molecule has 0 radical (unpaired) electrons. The lowest BCUT2D eigenvalue weighted by Crippen LogP contribution is -2.32. The Labute approximate surface area is 116 Å². The lowest BCUT2D eigenvalue weighted by Gasteiger charge is -2.22. The van der Waals surface area contributed by atoms with E-state index in [4.69, 9.17) is 10.6 Å². The molecule has 3 N–H and O–H groups in total. The number of hydrogen-bond donors (Lipinski definition) is 2. The van der Waals surface area contributed by atoms with Crippen LogP contribution in [0.5, 0.6) is 5.75 Å². The highest BCUT2D eigenvalue weighted by molar-refractivity contribution is 5.29. The number of ether oxygens (including phenoxy) is 1. The molecule has 4 nitrogen and oxygen atoms in total. The van der Waals surface area contributed by atoms with Crippen molar-refractivity contribution in [2.45, 2.75) is 33.2 Å². The van der Waals surface area contributed by atoms with Crippen LogP contribution in [0.25, 0.3) is 0 Å². The third kappa shape index (κ3) is 5.19. The number of rotatable bonds is 9. The van der Waals surface area contributed by atoms with E-state index in [-0.39, 0.29) is 6.04 Å². The maximum Gasteiger partial charge on any atom is 0.119 e. The first-order valence-corrected chi connectivity index (χ1v) is 7.16. The molecule has 0 fully saturated rings. The van der Waals surface area contributed by atoms with Gasteiger partial charge in [-0.2, -0.15) is 0 Å². The van der Waals surface area contributed by atoms with E-state index in [0.717, 1.165) is 31.8 Å². The fourth-order valence-corrected chi connectivity index (χ4v) is 2.16. The topological polar surface area (TPSA) is 50.5 Å². The van der Waals surface area contributed by atoms with E-state index in [2.05, 4.69) is 36.3 Å². The molecule has 0 heterocycles. The van der Waals surface area contributed by atoms with Gasteiger partial charge in [0.15, 0.2) is 0 Å². The van der Waals surface area contributed by atoms with E-state index < -0.39 is 0 Å². The van der Waals surface area contributed by atoms with Crippen molar-refractivity contribution in [3.8, 4) is 5.75 Å². The van der Waals surface area contributed by atoms with E-state index in [1.807, 2.05) is 19.1 Å². The minimum absolute atomic E-state index is 0.191. The summed E-state index contributed by atoms with van der Waals surface area (Å²) < 4.78 is 5.45. The van der Waals surface area contributed by atoms with E-state index in [9.17, 15) is 0 Å². The largest absolute Gasteiger partial charge is 0.494 e. The first-order valence-electron chi connectivity index (χ1n) is 7.16. The van der Waals surface area contributed by atoms with Crippen molar-refractivity contribution in [1.82, 2.24) is 10.3 Å². The van der Waals surface area contributed by atoms with E-state index in [0.29, 0.717) is 6.61 Å². The summed E-state index contributed by atoms with van der Waals surface area (Å²) in [5, 5.41) is 0. The third-order valence-corrected chi connectivity index (χ3v) is 3.42. The molecule has 0 aliphatic heterocycles. The van der Waals surface area contributed by atoms with Crippen LogP contribution in [-0.4, -0.2) is 31.1 Å². The molecule has 1 rings (SSSR count). The van der Waals surface area contributed by atoms with E-state index >= 15 is 0 Å². The fraction of sp³-hybridized carbons (Fsp3) is 0.600. The van der Waals surface area contributed by atoms with Crippen LogP contribution in [0.1, 0.15) is 38.8 Å². The Kier molecular flexibility index (Phi) is 7.48. The van der Waals surface area contributed by atoms with Crippen LogP contribution in [0, 0.1) is 0 Å². The van der Waals surface area contributed by atoms with Crippen LogP contribution in [0.4, 0.5) is 0 Å². The number of nitrogens with zero attached hydrogens (tertiary/aromatic N) is 1. The van der Waals surface area contributed by atoms with E-state index in [1.165, 1.54) is 5.56 Å². The highest BCUT2D eigenvalue weighted by Crippen LogP contribution is 2.20. The van der Waals surface area contributed by atoms with Gasteiger partial charge in [-0.3, -0.25) is 11.3 Å². The van der Waals surface area contributed by atoms with Crippen molar-refractivity contribution in [3.05, 3.63) is 29.8 Å². The van der Waals surface area contributed by atoms with Gasteiger partial charge in [0.25, 0.3) is 0 Å². The lowest BCUT2D eigenvalue weighted by atomic mass is 10.0. The van der Waals surface area contributed by atoms with Gasteiger partial charge >= 0.3 is 0 Å². The zero-order valence-corrected chi connectivity index (χ0v) is 12.4. The number of benzene rings is 1. The van der Waals surface area contributed by atoms with Crippen molar-refractivity contribution in [1.29, 1.82) is 0 Å². The summed E-state index contributed by atoms with van der Waals surface area (Å²) in [4.78, 5) is 2.40. The van der Waals surface area contributed by atoms with Crippen LogP contribution in [0.3, 0.4) is 0 Å². The molecule has 19 heavy (non-hydrogen) atoms. The summed E-state index contributed by atoms with van der Waals surface area (Å²) in [7, 11) is 0. The van der Waals surface area contributed by atoms with Crippen molar-refractivity contribution >= 4 is 0 Å². The molecule has 1 aromatic carbocycles. The van der Waals surface area contributed by atoms with Gasteiger partial charge < -0.3 is 9.64 Å². The average Bonchev–Trinajstić information content (AvgIpc) is 2.45. The zero-order valence-electron chi connectivity index (χ0n) is 12.4. The summed E-state index contributed by atoms with van der Waals surface area (Å²) in [5.74, 6) is 6.58. The van der Waals surface area contributed by atoms with Gasteiger partial charge in [0.2, 0.25) is 0 Å². The van der Waals surface area contributed by atoms with Gasteiger partial charge in [0, 0.05) is 6.04 Å². The predicted molar refractivity (Wildman–Crippen MR) is 80.1 cm³/mol. The highest BCUT2D eigenvalue weighted by Gasteiger charge is 2.11. The molecule has 0 aliphatic rings. The smallest absolute Gasteiger partial charge is 0.119 e. The maximum absolute atomic E-state index is 5.67. The summed E-state index contributed by atoms with van der Waals surface area (Å²) >= 11 is 0. The molecule has 1 unspecified atom stereocenters. The van der Waals surface area contributed by atoms with Crippen molar-refractivity contribution in [2.24, 2.45) is 5.84 Å². The Morgan fingerprint density at radius 3 is 2.26 bits per heavy atom. The second-order valence-corrected chi connectivity index (χ2v) is 4.54. The first-order chi connectivity index (χ1) is 9.24. The second kappa shape index (κ2) is 8.91. The van der Waals surface area contributed by atoms with Crippen LogP contribution in [0.15, 0.2) is 24.3 Å². The molecule has 1 atom stereocenters. The predicted octanol–water partition coefficient (Wildman–Crippen LogP) is 2.32. The second-order valence-electron chi connectivity index (χ2n) is 4.54. The van der Waals surface area contributed by atoms with Gasteiger partial charge in [-0.1, -0.05) is 26.0 Å². The minimum Gasteiger partial charge on any atom is -0.494 e. The molecular weight excluding hydrogens is 238 g/mol. The molecule has 0 amide bonds. The summed E-state index contributed by atoms with van der Waals surface area (Å²) in [6, 6.07) is 8.35.